The largest absolute Gasteiger partial charge is 0.369 e. The first-order chi connectivity index (χ1) is 8.45. The number of halogens is 2. The van der Waals surface area contributed by atoms with E-state index in [4.69, 9.17) is 17.3 Å². The zero-order valence-electron chi connectivity index (χ0n) is 10.7. The summed E-state index contributed by atoms with van der Waals surface area (Å²) < 4.78 is 15.3. The Labute approximate surface area is 111 Å². The summed E-state index contributed by atoms with van der Waals surface area (Å²) >= 11 is 5.83. The first-order valence-electron chi connectivity index (χ1n) is 6.08. The SMILES string of the molecule is CCC(C)C(C)n1c(N)nc2cc(F)c(Cl)cc21. The first-order valence-corrected chi connectivity index (χ1v) is 6.46. The Morgan fingerprint density at radius 2 is 2.11 bits per heavy atom. The van der Waals surface area contributed by atoms with Crippen molar-refractivity contribution < 1.29 is 4.39 Å². The highest BCUT2D eigenvalue weighted by Crippen LogP contribution is 2.31. The number of rotatable bonds is 3. The lowest BCUT2D eigenvalue weighted by Crippen LogP contribution is -2.15. The van der Waals surface area contributed by atoms with Crippen LogP contribution in [-0.2, 0) is 0 Å². The van der Waals surface area contributed by atoms with Gasteiger partial charge in [-0.3, -0.25) is 0 Å². The lowest BCUT2D eigenvalue weighted by molar-refractivity contribution is 0.381. The lowest BCUT2D eigenvalue weighted by Gasteiger charge is -2.21. The van der Waals surface area contributed by atoms with Crippen molar-refractivity contribution in [3.63, 3.8) is 0 Å². The third-order valence-electron chi connectivity index (χ3n) is 3.63. The summed E-state index contributed by atoms with van der Waals surface area (Å²) in [6, 6.07) is 3.11. The Kier molecular flexibility index (Phi) is 3.48. The highest BCUT2D eigenvalue weighted by molar-refractivity contribution is 6.31. The predicted molar refractivity (Wildman–Crippen MR) is 73.3 cm³/mol. The first kappa shape index (κ1) is 13.1. The number of imidazole rings is 1. The molecule has 0 saturated heterocycles. The van der Waals surface area contributed by atoms with Gasteiger partial charge in [-0.05, 0) is 18.9 Å². The van der Waals surface area contributed by atoms with Gasteiger partial charge in [-0.1, -0.05) is 31.9 Å². The average molecular weight is 270 g/mol. The van der Waals surface area contributed by atoms with Crippen molar-refractivity contribution in [2.24, 2.45) is 5.92 Å². The summed E-state index contributed by atoms with van der Waals surface area (Å²) in [5.74, 6) is 0.387. The molecule has 2 unspecified atom stereocenters. The van der Waals surface area contributed by atoms with Crippen molar-refractivity contribution in [2.45, 2.75) is 33.2 Å². The van der Waals surface area contributed by atoms with Gasteiger partial charge in [0.1, 0.15) is 5.82 Å². The van der Waals surface area contributed by atoms with Gasteiger partial charge in [0.2, 0.25) is 5.95 Å². The quantitative estimate of drug-likeness (QED) is 0.915. The van der Waals surface area contributed by atoms with Gasteiger partial charge in [0.05, 0.1) is 16.1 Å². The van der Waals surface area contributed by atoms with E-state index in [1.165, 1.54) is 6.07 Å². The number of anilines is 1. The van der Waals surface area contributed by atoms with Gasteiger partial charge in [0.15, 0.2) is 0 Å². The molecule has 0 amide bonds. The highest BCUT2D eigenvalue weighted by atomic mass is 35.5. The Bertz CT molecular complexity index is 579. The van der Waals surface area contributed by atoms with E-state index in [9.17, 15) is 4.39 Å². The standard InChI is InChI=1S/C13H17ClFN3/c1-4-7(2)8(3)18-12-5-9(14)10(15)6-11(12)17-13(18)16/h5-8H,4H2,1-3H3,(H2,16,17). The molecule has 0 aliphatic carbocycles. The van der Waals surface area contributed by atoms with E-state index in [2.05, 4.69) is 25.8 Å². The highest BCUT2D eigenvalue weighted by Gasteiger charge is 2.19. The monoisotopic (exact) mass is 269 g/mol. The van der Waals surface area contributed by atoms with E-state index in [1.54, 1.807) is 6.07 Å². The van der Waals surface area contributed by atoms with Crippen molar-refractivity contribution in [1.29, 1.82) is 0 Å². The zero-order valence-corrected chi connectivity index (χ0v) is 11.5. The zero-order chi connectivity index (χ0) is 13.4. The van der Waals surface area contributed by atoms with Crippen LogP contribution in [0.2, 0.25) is 5.02 Å². The fraction of sp³-hybridized carbons (Fsp3) is 0.462. The van der Waals surface area contributed by atoms with Crippen molar-refractivity contribution >= 4 is 28.6 Å². The van der Waals surface area contributed by atoms with Crippen LogP contribution < -0.4 is 5.73 Å². The second-order valence-corrected chi connectivity index (χ2v) is 5.13. The molecule has 0 saturated carbocycles. The summed E-state index contributed by atoms with van der Waals surface area (Å²) in [7, 11) is 0. The molecule has 2 aromatic rings. The molecule has 1 aromatic carbocycles. The maximum Gasteiger partial charge on any atom is 0.201 e. The van der Waals surface area contributed by atoms with Gasteiger partial charge in [0.25, 0.3) is 0 Å². The topological polar surface area (TPSA) is 43.8 Å². The van der Waals surface area contributed by atoms with Crippen molar-refractivity contribution in [3.8, 4) is 0 Å². The molecule has 0 aliphatic heterocycles. The van der Waals surface area contributed by atoms with Gasteiger partial charge >= 0.3 is 0 Å². The second kappa shape index (κ2) is 4.76. The Hall–Kier alpha value is -1.29. The molecule has 0 bridgehead atoms. The Morgan fingerprint density at radius 1 is 1.44 bits per heavy atom. The molecule has 2 N–H and O–H groups in total. The summed E-state index contributed by atoms with van der Waals surface area (Å²) in [4.78, 5) is 4.19. The molecule has 1 heterocycles. The number of hydrogen-bond acceptors (Lipinski definition) is 2. The van der Waals surface area contributed by atoms with Crippen LogP contribution in [0.3, 0.4) is 0 Å². The Morgan fingerprint density at radius 3 is 2.72 bits per heavy atom. The third-order valence-corrected chi connectivity index (χ3v) is 3.92. The number of nitrogen functional groups attached to an aromatic ring is 1. The van der Waals surface area contributed by atoms with E-state index in [0.717, 1.165) is 11.9 Å². The van der Waals surface area contributed by atoms with Crippen LogP contribution in [-0.4, -0.2) is 9.55 Å². The normalized spacial score (nSPS) is 14.9. The van der Waals surface area contributed by atoms with Crippen LogP contribution in [0.4, 0.5) is 10.3 Å². The minimum absolute atomic E-state index is 0.0972. The van der Waals surface area contributed by atoms with E-state index >= 15 is 0 Å². The number of benzene rings is 1. The van der Waals surface area contributed by atoms with Crippen molar-refractivity contribution in [3.05, 3.63) is 23.0 Å². The fourth-order valence-electron chi connectivity index (χ4n) is 2.13. The summed E-state index contributed by atoms with van der Waals surface area (Å²) in [5, 5.41) is 0.0972. The van der Waals surface area contributed by atoms with E-state index in [1.807, 2.05) is 4.57 Å². The minimum Gasteiger partial charge on any atom is -0.369 e. The number of nitrogens with zero attached hydrogens (tertiary/aromatic N) is 2. The number of fused-ring (bicyclic) bond motifs is 1. The van der Waals surface area contributed by atoms with Gasteiger partial charge < -0.3 is 10.3 Å². The van der Waals surface area contributed by atoms with Crippen LogP contribution in [0.25, 0.3) is 11.0 Å². The molecule has 2 atom stereocenters. The fourth-order valence-corrected chi connectivity index (χ4v) is 2.29. The Balaban J connectivity index is 2.63. The molecular weight excluding hydrogens is 253 g/mol. The smallest absolute Gasteiger partial charge is 0.201 e. The summed E-state index contributed by atoms with van der Waals surface area (Å²) in [6.07, 6.45) is 1.04. The third kappa shape index (κ3) is 2.05. The van der Waals surface area contributed by atoms with Gasteiger partial charge in [-0.2, -0.15) is 0 Å². The molecule has 18 heavy (non-hydrogen) atoms. The molecule has 0 radical (unpaired) electrons. The lowest BCUT2D eigenvalue weighted by atomic mass is 10.0. The van der Waals surface area contributed by atoms with E-state index in [-0.39, 0.29) is 11.1 Å². The van der Waals surface area contributed by atoms with Gasteiger partial charge in [-0.15, -0.1) is 0 Å². The molecular formula is C13H17ClFN3. The molecule has 98 valence electrons. The minimum atomic E-state index is -0.468. The maximum atomic E-state index is 13.4. The molecule has 0 aliphatic rings. The number of nitrogens with two attached hydrogens (primary N) is 1. The molecule has 0 spiro atoms. The van der Waals surface area contributed by atoms with Crippen molar-refractivity contribution in [2.75, 3.05) is 5.73 Å². The van der Waals surface area contributed by atoms with Crippen LogP contribution in [0.15, 0.2) is 12.1 Å². The average Bonchev–Trinajstić information content (AvgIpc) is 2.63. The molecule has 2 rings (SSSR count). The molecule has 3 nitrogen and oxygen atoms in total. The molecule has 5 heteroatoms. The van der Waals surface area contributed by atoms with Crippen LogP contribution >= 0.6 is 11.6 Å². The van der Waals surface area contributed by atoms with Gasteiger partial charge in [-0.25, -0.2) is 9.37 Å². The number of hydrogen-bond donors (Lipinski definition) is 1. The van der Waals surface area contributed by atoms with E-state index < -0.39 is 5.82 Å². The predicted octanol–water partition coefficient (Wildman–Crippen LogP) is 4.02. The second-order valence-electron chi connectivity index (χ2n) is 4.72. The maximum absolute atomic E-state index is 13.4. The van der Waals surface area contributed by atoms with Crippen molar-refractivity contribution in [1.82, 2.24) is 9.55 Å². The van der Waals surface area contributed by atoms with E-state index in [0.29, 0.717) is 17.4 Å². The van der Waals surface area contributed by atoms with Crippen LogP contribution in [0, 0.1) is 11.7 Å². The summed E-state index contributed by atoms with van der Waals surface area (Å²) in [5.41, 5.74) is 7.26. The van der Waals surface area contributed by atoms with Gasteiger partial charge in [0, 0.05) is 12.1 Å². The van der Waals surface area contributed by atoms with Crippen LogP contribution in [0.1, 0.15) is 33.2 Å². The van der Waals surface area contributed by atoms with Crippen LogP contribution in [0.5, 0.6) is 0 Å². The number of aromatic nitrogens is 2. The summed E-state index contributed by atoms with van der Waals surface area (Å²) in [6.45, 7) is 6.37. The molecule has 1 aromatic heterocycles. The molecule has 0 fully saturated rings.